The highest BCUT2D eigenvalue weighted by atomic mass is 127. The van der Waals surface area contributed by atoms with Crippen LogP contribution in [-0.4, -0.2) is 0 Å². The van der Waals surface area contributed by atoms with Gasteiger partial charge in [0.25, 0.3) is 0 Å². The fourth-order valence-electron chi connectivity index (χ4n) is 1.40. The third kappa shape index (κ3) is 2.62. The Hall–Kier alpha value is -1.21. The van der Waals surface area contributed by atoms with Crippen molar-refractivity contribution in [1.82, 2.24) is 0 Å². The lowest BCUT2D eigenvalue weighted by atomic mass is 10.2. The number of rotatable bonds is 2. The Bertz CT molecular complexity index is 607. The van der Waals surface area contributed by atoms with Crippen LogP contribution in [0.5, 0.6) is 11.5 Å². The fourth-order valence-corrected chi connectivity index (χ4v) is 2.06. The zero-order valence-electron chi connectivity index (χ0n) is 9.08. The number of hydrogen-bond donors (Lipinski definition) is 2. The Morgan fingerprint density at radius 1 is 1.17 bits per heavy atom. The van der Waals surface area contributed by atoms with Crippen molar-refractivity contribution in [2.45, 2.75) is 0 Å². The number of halogens is 3. The molecule has 0 heterocycles. The van der Waals surface area contributed by atoms with Gasteiger partial charge in [-0.05, 0) is 46.9 Å². The van der Waals surface area contributed by atoms with Gasteiger partial charge >= 0.3 is 0 Å². The maximum absolute atomic E-state index is 13.9. The van der Waals surface area contributed by atoms with E-state index in [0.717, 1.165) is 3.57 Å². The summed E-state index contributed by atoms with van der Waals surface area (Å²) in [5, 5.41) is -0.190. The second-order valence-corrected chi connectivity index (χ2v) is 5.20. The van der Waals surface area contributed by atoms with E-state index in [0.29, 0.717) is 5.75 Å². The molecule has 0 spiro atoms. The zero-order valence-corrected chi connectivity index (χ0v) is 12.0. The lowest BCUT2D eigenvalue weighted by Crippen LogP contribution is -1.99. The molecule has 0 atom stereocenters. The molecular formula is C12H9ClFIN2O. The summed E-state index contributed by atoms with van der Waals surface area (Å²) in [5.74, 6) is -0.391. The predicted octanol–water partition coefficient (Wildman–Crippen LogP) is 4.04. The van der Waals surface area contributed by atoms with E-state index in [9.17, 15) is 4.39 Å². The first-order valence-corrected chi connectivity index (χ1v) is 6.41. The zero-order chi connectivity index (χ0) is 13.3. The molecule has 0 aromatic heterocycles. The van der Waals surface area contributed by atoms with Crippen molar-refractivity contribution >= 4 is 45.6 Å². The van der Waals surface area contributed by atoms with Crippen molar-refractivity contribution in [3.8, 4) is 11.5 Å². The van der Waals surface area contributed by atoms with Gasteiger partial charge in [-0.2, -0.15) is 0 Å². The van der Waals surface area contributed by atoms with Crippen LogP contribution in [-0.2, 0) is 0 Å². The second kappa shape index (κ2) is 5.19. The SMILES string of the molecule is Nc1cc(N)c(Oc2cccc(I)c2)c(F)c1Cl. The molecule has 4 N–H and O–H groups in total. The summed E-state index contributed by atoms with van der Waals surface area (Å²) < 4.78 is 20.3. The molecular weight excluding hydrogens is 370 g/mol. The number of ether oxygens (including phenoxy) is 1. The topological polar surface area (TPSA) is 61.3 Å². The standard InChI is InChI=1S/C12H9ClFIN2O/c13-10-8(16)5-9(17)12(11(10)14)18-7-3-1-2-6(15)4-7/h1-5H,16-17H2. The molecule has 0 amide bonds. The van der Waals surface area contributed by atoms with Gasteiger partial charge in [0.1, 0.15) is 10.8 Å². The van der Waals surface area contributed by atoms with Crippen molar-refractivity contribution in [1.29, 1.82) is 0 Å². The molecule has 0 aliphatic carbocycles. The van der Waals surface area contributed by atoms with Gasteiger partial charge in [0, 0.05) is 3.57 Å². The number of benzene rings is 2. The van der Waals surface area contributed by atoms with E-state index in [-0.39, 0.29) is 22.1 Å². The maximum atomic E-state index is 13.9. The minimum atomic E-state index is -0.756. The van der Waals surface area contributed by atoms with Crippen LogP contribution in [0.2, 0.25) is 5.02 Å². The van der Waals surface area contributed by atoms with E-state index < -0.39 is 5.82 Å². The van der Waals surface area contributed by atoms with Crippen molar-refractivity contribution < 1.29 is 9.13 Å². The van der Waals surface area contributed by atoms with Crippen LogP contribution in [0, 0.1) is 9.39 Å². The summed E-state index contributed by atoms with van der Waals surface area (Å²) in [5.41, 5.74) is 11.4. The molecule has 2 rings (SSSR count). The molecule has 18 heavy (non-hydrogen) atoms. The minimum absolute atomic E-state index is 0.0849. The van der Waals surface area contributed by atoms with Crippen LogP contribution in [0.3, 0.4) is 0 Å². The highest BCUT2D eigenvalue weighted by molar-refractivity contribution is 14.1. The van der Waals surface area contributed by atoms with Crippen molar-refractivity contribution in [3.05, 3.63) is 44.7 Å². The fraction of sp³-hybridized carbons (Fsp3) is 0. The average molecular weight is 379 g/mol. The van der Waals surface area contributed by atoms with Gasteiger partial charge in [-0.3, -0.25) is 0 Å². The normalized spacial score (nSPS) is 10.4. The van der Waals surface area contributed by atoms with Crippen LogP contribution in [0.15, 0.2) is 30.3 Å². The Morgan fingerprint density at radius 2 is 1.89 bits per heavy atom. The van der Waals surface area contributed by atoms with E-state index in [1.807, 2.05) is 6.07 Å². The highest BCUT2D eigenvalue weighted by Gasteiger charge is 2.16. The lowest BCUT2D eigenvalue weighted by Gasteiger charge is -2.12. The van der Waals surface area contributed by atoms with Gasteiger partial charge in [0.05, 0.1) is 11.4 Å². The van der Waals surface area contributed by atoms with Crippen LogP contribution in [0.25, 0.3) is 0 Å². The Labute approximate surface area is 122 Å². The van der Waals surface area contributed by atoms with E-state index in [1.54, 1.807) is 18.2 Å². The molecule has 2 aromatic carbocycles. The summed E-state index contributed by atoms with van der Waals surface area (Å²) in [4.78, 5) is 0. The minimum Gasteiger partial charge on any atom is -0.452 e. The molecule has 0 saturated heterocycles. The Kier molecular flexibility index (Phi) is 3.82. The predicted molar refractivity (Wildman–Crippen MR) is 79.5 cm³/mol. The smallest absolute Gasteiger partial charge is 0.188 e. The number of nitrogens with two attached hydrogens (primary N) is 2. The first-order valence-electron chi connectivity index (χ1n) is 4.95. The van der Waals surface area contributed by atoms with Gasteiger partial charge in [-0.15, -0.1) is 0 Å². The summed E-state index contributed by atoms with van der Waals surface area (Å²) >= 11 is 7.84. The molecule has 94 valence electrons. The quantitative estimate of drug-likeness (QED) is 0.612. The molecule has 3 nitrogen and oxygen atoms in total. The maximum Gasteiger partial charge on any atom is 0.188 e. The Balaban J connectivity index is 2.44. The van der Waals surface area contributed by atoms with Gasteiger partial charge < -0.3 is 16.2 Å². The van der Waals surface area contributed by atoms with Crippen molar-refractivity contribution in [2.24, 2.45) is 0 Å². The van der Waals surface area contributed by atoms with Crippen molar-refractivity contribution in [2.75, 3.05) is 11.5 Å². The van der Waals surface area contributed by atoms with E-state index in [2.05, 4.69) is 22.6 Å². The molecule has 0 radical (unpaired) electrons. The molecule has 0 unspecified atom stereocenters. The van der Waals surface area contributed by atoms with E-state index in [4.69, 9.17) is 27.8 Å². The van der Waals surface area contributed by atoms with E-state index >= 15 is 0 Å². The second-order valence-electron chi connectivity index (χ2n) is 3.57. The van der Waals surface area contributed by atoms with Crippen LogP contribution < -0.4 is 16.2 Å². The molecule has 6 heteroatoms. The molecule has 0 aliphatic rings. The molecule has 0 aliphatic heterocycles. The summed E-state index contributed by atoms with van der Waals surface area (Å²) in [6, 6.07) is 8.51. The van der Waals surface area contributed by atoms with E-state index in [1.165, 1.54) is 6.07 Å². The summed E-state index contributed by atoms with van der Waals surface area (Å²) in [6.45, 7) is 0. The first-order chi connectivity index (χ1) is 8.49. The third-order valence-corrected chi connectivity index (χ3v) is 3.29. The molecule has 0 fully saturated rings. The largest absolute Gasteiger partial charge is 0.452 e. The number of anilines is 2. The van der Waals surface area contributed by atoms with Gasteiger partial charge in [0.15, 0.2) is 11.6 Å². The molecule has 2 aromatic rings. The molecule has 0 bridgehead atoms. The van der Waals surface area contributed by atoms with Gasteiger partial charge in [0.2, 0.25) is 0 Å². The first kappa shape index (κ1) is 13.2. The highest BCUT2D eigenvalue weighted by Crippen LogP contribution is 2.38. The summed E-state index contributed by atoms with van der Waals surface area (Å²) in [7, 11) is 0. The number of hydrogen-bond acceptors (Lipinski definition) is 3. The monoisotopic (exact) mass is 378 g/mol. The lowest BCUT2D eigenvalue weighted by molar-refractivity contribution is 0.445. The summed E-state index contributed by atoms with van der Waals surface area (Å²) in [6.07, 6.45) is 0. The van der Waals surface area contributed by atoms with Gasteiger partial charge in [-0.1, -0.05) is 17.7 Å². The van der Waals surface area contributed by atoms with Crippen LogP contribution in [0.4, 0.5) is 15.8 Å². The Morgan fingerprint density at radius 3 is 2.56 bits per heavy atom. The van der Waals surface area contributed by atoms with Crippen LogP contribution >= 0.6 is 34.2 Å². The third-order valence-electron chi connectivity index (χ3n) is 2.23. The van der Waals surface area contributed by atoms with Crippen molar-refractivity contribution in [3.63, 3.8) is 0 Å². The van der Waals surface area contributed by atoms with Gasteiger partial charge in [-0.25, -0.2) is 4.39 Å². The van der Waals surface area contributed by atoms with Crippen LogP contribution in [0.1, 0.15) is 0 Å². The number of nitrogen functional groups attached to an aromatic ring is 2. The molecule has 0 saturated carbocycles. The average Bonchev–Trinajstić information content (AvgIpc) is 2.32.